The van der Waals surface area contributed by atoms with E-state index in [1.54, 1.807) is 60.7 Å². The van der Waals surface area contributed by atoms with Crippen LogP contribution < -0.4 is 10.9 Å². The molecule has 4 N–H and O–H groups in total. The minimum atomic E-state index is -1.60. The van der Waals surface area contributed by atoms with Gasteiger partial charge in [-0.1, -0.05) is 48.5 Å². The predicted molar refractivity (Wildman–Crippen MR) is 92.6 cm³/mol. The van der Waals surface area contributed by atoms with Crippen molar-refractivity contribution >= 4 is 25.2 Å². The van der Waals surface area contributed by atoms with Gasteiger partial charge in [0.25, 0.3) is 0 Å². The van der Waals surface area contributed by atoms with Crippen LogP contribution in [0.3, 0.4) is 0 Å². The van der Waals surface area contributed by atoms with E-state index >= 15 is 0 Å². The number of hydrogen-bond donors (Lipinski definition) is 4. The van der Waals surface area contributed by atoms with E-state index in [0.29, 0.717) is 33.4 Å². The second kappa shape index (κ2) is 6.94. The average molecular weight is 320 g/mol. The fourth-order valence-electron chi connectivity index (χ4n) is 2.53. The van der Waals surface area contributed by atoms with Crippen LogP contribution in [0.1, 0.15) is 0 Å². The maximum atomic E-state index is 9.45. The lowest BCUT2D eigenvalue weighted by molar-refractivity contribution is 0.424. The first-order valence-electron chi connectivity index (χ1n) is 7.32. The Morgan fingerprint density at radius 3 is 1.25 bits per heavy atom. The summed E-state index contributed by atoms with van der Waals surface area (Å²) in [5, 5.41) is 46.1. The van der Waals surface area contributed by atoms with E-state index in [1.165, 1.54) is 0 Å². The molecule has 0 fully saturated rings. The van der Waals surface area contributed by atoms with Gasteiger partial charge in [0.05, 0.1) is 11.4 Å². The van der Waals surface area contributed by atoms with Gasteiger partial charge in [0.2, 0.25) is 0 Å². The van der Waals surface area contributed by atoms with Crippen molar-refractivity contribution in [2.45, 2.75) is 0 Å². The zero-order valence-corrected chi connectivity index (χ0v) is 12.6. The lowest BCUT2D eigenvalue weighted by atomic mass is 9.76. The number of rotatable bonds is 4. The van der Waals surface area contributed by atoms with Gasteiger partial charge in [0, 0.05) is 11.1 Å². The van der Waals surface area contributed by atoms with Gasteiger partial charge in [-0.05, 0) is 23.1 Å². The second-order valence-corrected chi connectivity index (χ2v) is 5.23. The Bertz CT molecular complexity index is 771. The van der Waals surface area contributed by atoms with E-state index in [2.05, 4.69) is 10.2 Å². The maximum absolute atomic E-state index is 9.45. The Morgan fingerprint density at radius 1 is 0.542 bits per heavy atom. The molecule has 0 unspecified atom stereocenters. The molecule has 0 aliphatic carbocycles. The normalized spacial score (nSPS) is 10.5. The van der Waals surface area contributed by atoms with Gasteiger partial charge in [-0.25, -0.2) is 0 Å². The van der Waals surface area contributed by atoms with Gasteiger partial charge in [-0.15, -0.1) is 10.2 Å². The highest BCUT2D eigenvalue weighted by Crippen LogP contribution is 2.19. The highest BCUT2D eigenvalue weighted by Gasteiger charge is 2.19. The molecule has 1 aromatic heterocycles. The summed E-state index contributed by atoms with van der Waals surface area (Å²) in [5.41, 5.74) is 2.80. The van der Waals surface area contributed by atoms with Crippen molar-refractivity contribution in [3.8, 4) is 22.5 Å². The Morgan fingerprint density at radius 2 is 0.917 bits per heavy atom. The summed E-state index contributed by atoms with van der Waals surface area (Å²) in [5.74, 6) is 0. The van der Waals surface area contributed by atoms with Gasteiger partial charge in [0.15, 0.2) is 0 Å². The highest BCUT2D eigenvalue weighted by atomic mass is 16.4. The Hall–Kier alpha value is -2.51. The zero-order chi connectivity index (χ0) is 17.1. The first-order chi connectivity index (χ1) is 11.6. The van der Waals surface area contributed by atoms with Crippen LogP contribution in [-0.4, -0.2) is 44.5 Å². The SMILES string of the molecule is OB(O)c1ccccc1-c1ccc(-c2ccccc2B(O)O)nn1. The van der Waals surface area contributed by atoms with E-state index in [0.717, 1.165) is 0 Å². The summed E-state index contributed by atoms with van der Waals surface area (Å²) < 4.78 is 0. The molecule has 3 aromatic rings. The molecule has 24 heavy (non-hydrogen) atoms. The van der Waals surface area contributed by atoms with Gasteiger partial charge >= 0.3 is 14.2 Å². The number of hydrogen-bond acceptors (Lipinski definition) is 6. The van der Waals surface area contributed by atoms with E-state index < -0.39 is 14.2 Å². The van der Waals surface area contributed by atoms with Crippen LogP contribution in [0.25, 0.3) is 22.5 Å². The van der Waals surface area contributed by atoms with Gasteiger partial charge in [-0.2, -0.15) is 0 Å². The number of aromatic nitrogens is 2. The van der Waals surface area contributed by atoms with E-state index in [1.807, 2.05) is 0 Å². The minimum Gasteiger partial charge on any atom is -0.423 e. The molecule has 0 saturated heterocycles. The molecule has 0 bridgehead atoms. The molecule has 0 spiro atoms. The van der Waals surface area contributed by atoms with Gasteiger partial charge in [-0.3, -0.25) is 0 Å². The van der Waals surface area contributed by atoms with Crippen molar-refractivity contribution in [2.24, 2.45) is 0 Å². The third kappa shape index (κ3) is 3.22. The van der Waals surface area contributed by atoms with Gasteiger partial charge < -0.3 is 20.1 Å². The third-order valence-corrected chi connectivity index (χ3v) is 3.69. The Kier molecular flexibility index (Phi) is 4.73. The van der Waals surface area contributed by atoms with Crippen molar-refractivity contribution < 1.29 is 20.1 Å². The molecule has 0 saturated carbocycles. The highest BCUT2D eigenvalue weighted by molar-refractivity contribution is 6.61. The first kappa shape index (κ1) is 16.4. The largest absolute Gasteiger partial charge is 0.489 e. The summed E-state index contributed by atoms with van der Waals surface area (Å²) in [6.07, 6.45) is 0. The van der Waals surface area contributed by atoms with Crippen LogP contribution in [0, 0.1) is 0 Å². The number of benzene rings is 2. The molecule has 0 amide bonds. The monoisotopic (exact) mass is 320 g/mol. The molecule has 0 aliphatic rings. The van der Waals surface area contributed by atoms with Crippen LogP contribution in [0.4, 0.5) is 0 Å². The molecular formula is C16H14B2N2O4. The van der Waals surface area contributed by atoms with Crippen molar-refractivity contribution in [2.75, 3.05) is 0 Å². The summed E-state index contributed by atoms with van der Waals surface area (Å²) in [4.78, 5) is 0. The zero-order valence-electron chi connectivity index (χ0n) is 12.6. The summed E-state index contributed by atoms with van der Waals surface area (Å²) >= 11 is 0. The average Bonchev–Trinajstić information content (AvgIpc) is 2.62. The van der Waals surface area contributed by atoms with Crippen molar-refractivity contribution in [1.29, 1.82) is 0 Å². The molecular weight excluding hydrogens is 306 g/mol. The fourth-order valence-corrected chi connectivity index (χ4v) is 2.53. The van der Waals surface area contributed by atoms with E-state index in [4.69, 9.17) is 0 Å². The van der Waals surface area contributed by atoms with Crippen molar-refractivity contribution in [1.82, 2.24) is 10.2 Å². The minimum absolute atomic E-state index is 0.339. The standard InChI is InChI=1S/C16H14B2N2O4/c21-17(22)13-7-3-1-5-11(13)15-9-10-16(20-19-15)12-6-2-4-8-14(12)18(23)24/h1-10,21-24H. The lowest BCUT2D eigenvalue weighted by Gasteiger charge is -2.10. The van der Waals surface area contributed by atoms with Crippen molar-refractivity contribution in [3.05, 3.63) is 60.7 Å². The molecule has 0 aliphatic heterocycles. The fraction of sp³-hybridized carbons (Fsp3) is 0. The van der Waals surface area contributed by atoms with Crippen molar-refractivity contribution in [3.63, 3.8) is 0 Å². The molecule has 118 valence electrons. The van der Waals surface area contributed by atoms with Crippen LogP contribution in [-0.2, 0) is 0 Å². The van der Waals surface area contributed by atoms with Crippen LogP contribution in [0.15, 0.2) is 60.7 Å². The summed E-state index contributed by atoms with van der Waals surface area (Å²) in [6, 6.07) is 17.0. The van der Waals surface area contributed by atoms with E-state index in [9.17, 15) is 20.1 Å². The summed E-state index contributed by atoms with van der Waals surface area (Å²) in [6.45, 7) is 0. The van der Waals surface area contributed by atoms with Crippen LogP contribution >= 0.6 is 0 Å². The Balaban J connectivity index is 2.01. The molecule has 2 aromatic carbocycles. The second-order valence-electron chi connectivity index (χ2n) is 5.23. The van der Waals surface area contributed by atoms with E-state index in [-0.39, 0.29) is 0 Å². The quantitative estimate of drug-likeness (QED) is 0.468. The molecule has 1 heterocycles. The first-order valence-corrected chi connectivity index (χ1v) is 7.32. The third-order valence-electron chi connectivity index (χ3n) is 3.69. The van der Waals surface area contributed by atoms with Crippen LogP contribution in [0.2, 0.25) is 0 Å². The Labute approximate surface area is 139 Å². The van der Waals surface area contributed by atoms with Crippen LogP contribution in [0.5, 0.6) is 0 Å². The maximum Gasteiger partial charge on any atom is 0.489 e. The summed E-state index contributed by atoms with van der Waals surface area (Å²) in [7, 11) is -3.21. The van der Waals surface area contributed by atoms with Gasteiger partial charge in [0.1, 0.15) is 0 Å². The predicted octanol–water partition coefficient (Wildman–Crippen LogP) is -0.830. The molecule has 6 nitrogen and oxygen atoms in total. The molecule has 3 rings (SSSR count). The smallest absolute Gasteiger partial charge is 0.423 e. The molecule has 0 atom stereocenters. The number of nitrogens with zero attached hydrogens (tertiary/aromatic N) is 2. The molecule has 8 heteroatoms. The lowest BCUT2D eigenvalue weighted by Crippen LogP contribution is -2.32. The molecule has 0 radical (unpaired) electrons. The topological polar surface area (TPSA) is 107 Å².